The zero-order valence-corrected chi connectivity index (χ0v) is 18.4. The van der Waals surface area contributed by atoms with Gasteiger partial charge in [0.25, 0.3) is 0 Å². The summed E-state index contributed by atoms with van der Waals surface area (Å²) < 4.78 is 12.4. The molecule has 3 heteroatoms. The van der Waals surface area contributed by atoms with E-state index in [2.05, 4.69) is 32.9 Å². The Balaban J connectivity index is 1.87. The number of fused-ring (bicyclic) bond motifs is 1. The van der Waals surface area contributed by atoms with Crippen molar-refractivity contribution in [2.24, 2.45) is 17.8 Å². The summed E-state index contributed by atoms with van der Waals surface area (Å²) in [6.07, 6.45) is 5.41. The van der Waals surface area contributed by atoms with E-state index in [1.165, 1.54) is 13.5 Å². The minimum atomic E-state index is -1.23. The number of carbonyl (C=O) groups is 1. The summed E-state index contributed by atoms with van der Waals surface area (Å²) in [6, 6.07) is 18.1. The predicted molar refractivity (Wildman–Crippen MR) is 121 cm³/mol. The molecule has 3 nitrogen and oxygen atoms in total. The molecule has 4 rings (SSSR count). The van der Waals surface area contributed by atoms with Crippen molar-refractivity contribution in [2.45, 2.75) is 51.7 Å². The summed E-state index contributed by atoms with van der Waals surface area (Å²) in [7, 11) is 1.46. The molecule has 0 unspecified atom stereocenters. The van der Waals surface area contributed by atoms with Gasteiger partial charge in [-0.2, -0.15) is 0 Å². The molecule has 0 aromatic heterocycles. The van der Waals surface area contributed by atoms with Gasteiger partial charge in [0, 0.05) is 11.1 Å². The van der Waals surface area contributed by atoms with Gasteiger partial charge in [0.15, 0.2) is 0 Å². The van der Waals surface area contributed by atoms with Gasteiger partial charge in [-0.3, -0.25) is 0 Å². The molecule has 2 aliphatic rings. The van der Waals surface area contributed by atoms with Gasteiger partial charge >= 0.3 is 5.97 Å². The zero-order valence-electron chi connectivity index (χ0n) is 18.4. The number of rotatable bonds is 5. The highest BCUT2D eigenvalue weighted by Gasteiger charge is 2.53. The molecule has 4 atom stereocenters. The fourth-order valence-electron chi connectivity index (χ4n) is 5.27. The van der Waals surface area contributed by atoms with Crippen LogP contribution in [0.25, 0.3) is 11.6 Å². The fraction of sp³-hybridized carbons (Fsp3) is 0.444. The zero-order chi connectivity index (χ0) is 21.3. The van der Waals surface area contributed by atoms with Gasteiger partial charge in [0.1, 0.15) is 0 Å². The van der Waals surface area contributed by atoms with E-state index in [9.17, 15) is 4.79 Å². The summed E-state index contributed by atoms with van der Waals surface area (Å²) in [5.74, 6) is 1.16. The summed E-state index contributed by atoms with van der Waals surface area (Å²) in [6.45, 7) is 6.81. The molecule has 0 N–H and O–H groups in total. The second kappa shape index (κ2) is 8.39. The van der Waals surface area contributed by atoms with Crippen LogP contribution >= 0.6 is 0 Å². The Bertz CT molecular complexity index is 930. The Labute approximate surface area is 180 Å². The number of hydrogen-bond donors (Lipinski definition) is 0. The quantitative estimate of drug-likeness (QED) is 0.566. The lowest BCUT2D eigenvalue weighted by atomic mass is 9.74. The fourth-order valence-corrected chi connectivity index (χ4v) is 5.27. The van der Waals surface area contributed by atoms with E-state index < -0.39 is 5.60 Å². The average Bonchev–Trinajstić information content (AvgIpc) is 3.09. The van der Waals surface area contributed by atoms with Crippen molar-refractivity contribution in [3.05, 3.63) is 71.3 Å². The van der Waals surface area contributed by atoms with E-state index in [1.54, 1.807) is 0 Å². The van der Waals surface area contributed by atoms with Gasteiger partial charge in [-0.25, -0.2) is 4.79 Å². The lowest BCUT2D eigenvalue weighted by molar-refractivity contribution is -0.177. The number of hydrogen-bond acceptors (Lipinski definition) is 3. The first-order chi connectivity index (χ1) is 14.5. The van der Waals surface area contributed by atoms with Crippen molar-refractivity contribution in [1.82, 2.24) is 0 Å². The van der Waals surface area contributed by atoms with E-state index in [4.69, 9.17) is 9.47 Å². The third-order valence-electron chi connectivity index (χ3n) is 6.87. The van der Waals surface area contributed by atoms with Crippen LogP contribution in [-0.2, 0) is 19.9 Å². The Kier molecular flexibility index (Phi) is 5.84. The summed E-state index contributed by atoms with van der Waals surface area (Å²) in [4.78, 5) is 13.5. The third kappa shape index (κ3) is 3.50. The van der Waals surface area contributed by atoms with Gasteiger partial charge in [0.2, 0.25) is 5.60 Å². The molecule has 0 spiro atoms. The highest BCUT2D eigenvalue weighted by atomic mass is 16.6. The van der Waals surface area contributed by atoms with Crippen LogP contribution in [0.4, 0.5) is 0 Å². The molecule has 2 aliphatic carbocycles. The lowest BCUT2D eigenvalue weighted by Crippen LogP contribution is -2.46. The van der Waals surface area contributed by atoms with Crippen molar-refractivity contribution in [2.75, 3.05) is 7.11 Å². The molecule has 2 aromatic carbocycles. The predicted octanol–water partition coefficient (Wildman–Crippen LogP) is 6.09. The van der Waals surface area contributed by atoms with Crippen LogP contribution in [0.5, 0.6) is 0 Å². The summed E-state index contributed by atoms with van der Waals surface area (Å²) in [5, 5.41) is 0. The van der Waals surface area contributed by atoms with Crippen LogP contribution in [0.2, 0.25) is 0 Å². The van der Waals surface area contributed by atoms with Gasteiger partial charge in [-0.05, 0) is 47.8 Å². The van der Waals surface area contributed by atoms with Crippen LogP contribution in [0, 0.1) is 17.8 Å². The number of methoxy groups -OCH3 is 1. The standard InChI is InChI=1S/C27H32O3/c1-18(2)22-15-14-19(3)16-25(22)30-27(26(28)29-4)23-13-9-8-12-21(23)17-24(27)20-10-6-5-7-11-20/h5-13,17-19,22,25H,14-16H2,1-4H3/t19-,22+,25-,27-/m1/s1. The summed E-state index contributed by atoms with van der Waals surface area (Å²) in [5.41, 5.74) is 2.53. The van der Waals surface area contributed by atoms with Crippen LogP contribution in [0.3, 0.4) is 0 Å². The van der Waals surface area contributed by atoms with Gasteiger partial charge in [0.05, 0.1) is 13.2 Å². The summed E-state index contributed by atoms with van der Waals surface area (Å²) >= 11 is 0. The van der Waals surface area contributed by atoms with E-state index in [0.717, 1.165) is 35.1 Å². The van der Waals surface area contributed by atoms with Crippen LogP contribution in [0.1, 0.15) is 56.7 Å². The largest absolute Gasteiger partial charge is 0.466 e. The van der Waals surface area contributed by atoms with Gasteiger partial charge in [-0.1, -0.05) is 81.8 Å². The Morgan fingerprint density at radius 2 is 1.73 bits per heavy atom. The second-order valence-corrected chi connectivity index (χ2v) is 9.17. The first-order valence-corrected chi connectivity index (χ1v) is 11.1. The van der Waals surface area contributed by atoms with Crippen LogP contribution < -0.4 is 0 Å². The number of esters is 1. The van der Waals surface area contributed by atoms with E-state index in [-0.39, 0.29) is 12.1 Å². The minimum Gasteiger partial charge on any atom is -0.466 e. The normalized spacial score (nSPS) is 28.2. The molecule has 30 heavy (non-hydrogen) atoms. The molecule has 0 radical (unpaired) electrons. The van der Waals surface area contributed by atoms with Gasteiger partial charge < -0.3 is 9.47 Å². The first-order valence-electron chi connectivity index (χ1n) is 11.1. The monoisotopic (exact) mass is 404 g/mol. The van der Waals surface area contributed by atoms with Crippen molar-refractivity contribution < 1.29 is 14.3 Å². The Morgan fingerprint density at radius 3 is 2.43 bits per heavy atom. The molecule has 2 aromatic rings. The number of carbonyl (C=O) groups excluding carboxylic acids is 1. The molecule has 0 heterocycles. The van der Waals surface area contributed by atoms with E-state index in [0.29, 0.717) is 17.8 Å². The maximum absolute atomic E-state index is 13.5. The van der Waals surface area contributed by atoms with Crippen LogP contribution in [0.15, 0.2) is 54.6 Å². The minimum absolute atomic E-state index is 0.00567. The molecular weight excluding hydrogens is 372 g/mol. The average molecular weight is 405 g/mol. The molecule has 0 aliphatic heterocycles. The molecule has 1 fully saturated rings. The van der Waals surface area contributed by atoms with Crippen molar-refractivity contribution in [3.63, 3.8) is 0 Å². The highest BCUT2D eigenvalue weighted by Crippen LogP contribution is 2.51. The maximum Gasteiger partial charge on any atom is 0.347 e. The second-order valence-electron chi connectivity index (χ2n) is 9.17. The van der Waals surface area contributed by atoms with Crippen molar-refractivity contribution in [3.8, 4) is 0 Å². The highest BCUT2D eigenvalue weighted by molar-refractivity contribution is 6.07. The van der Waals surface area contributed by atoms with Gasteiger partial charge in [-0.15, -0.1) is 0 Å². The number of ether oxygens (including phenoxy) is 2. The molecule has 158 valence electrons. The smallest absolute Gasteiger partial charge is 0.347 e. The first kappa shape index (κ1) is 20.9. The third-order valence-corrected chi connectivity index (χ3v) is 6.87. The SMILES string of the molecule is COC(=O)[C@]1(O[C@@H]2C[C@H](C)CC[C@H]2C(C)C)C(c2ccccc2)=Cc2ccccc21. The van der Waals surface area contributed by atoms with Crippen molar-refractivity contribution >= 4 is 17.6 Å². The van der Waals surface area contributed by atoms with E-state index in [1.807, 2.05) is 48.5 Å². The molecule has 0 saturated heterocycles. The van der Waals surface area contributed by atoms with Crippen molar-refractivity contribution in [1.29, 1.82) is 0 Å². The Morgan fingerprint density at radius 1 is 1.03 bits per heavy atom. The topological polar surface area (TPSA) is 35.5 Å². The molecular formula is C27H32O3. The van der Waals surface area contributed by atoms with Crippen LogP contribution in [-0.4, -0.2) is 19.2 Å². The molecule has 0 amide bonds. The molecule has 0 bridgehead atoms. The maximum atomic E-state index is 13.5. The number of benzene rings is 2. The molecule has 1 saturated carbocycles. The lowest BCUT2D eigenvalue weighted by Gasteiger charge is -2.42. The Hall–Kier alpha value is -2.39. The van der Waals surface area contributed by atoms with E-state index >= 15 is 0 Å².